The number of fused-ring (bicyclic) bond motifs is 1. The van der Waals surface area contributed by atoms with Crippen LogP contribution in [0.2, 0.25) is 0 Å². The van der Waals surface area contributed by atoms with Crippen molar-refractivity contribution in [3.05, 3.63) is 29.8 Å². The van der Waals surface area contributed by atoms with Crippen molar-refractivity contribution in [2.45, 2.75) is 51.2 Å². The summed E-state index contributed by atoms with van der Waals surface area (Å²) in [6.07, 6.45) is 6.36. The average Bonchev–Trinajstić information content (AvgIpc) is 2.60. The van der Waals surface area contributed by atoms with Crippen molar-refractivity contribution in [3.63, 3.8) is 0 Å². The number of hydrogen-bond acceptors (Lipinski definition) is 3. The highest BCUT2D eigenvalue weighted by Gasteiger charge is 2.22. The molecule has 1 saturated carbocycles. The predicted octanol–water partition coefficient (Wildman–Crippen LogP) is 3.01. The number of hydrogen-bond donors (Lipinski definition) is 2. The predicted molar refractivity (Wildman–Crippen MR) is 96.3 cm³/mol. The first kappa shape index (κ1) is 17.1. The molecular weight excluding hydrogens is 302 g/mol. The summed E-state index contributed by atoms with van der Waals surface area (Å²) in [5, 5.41) is 3.31. The Bertz CT molecular complexity index is 561. The van der Waals surface area contributed by atoms with Crippen LogP contribution < -0.4 is 15.8 Å². The van der Waals surface area contributed by atoms with Gasteiger partial charge in [-0.05, 0) is 24.8 Å². The fraction of sp³-hybridized carbons (Fsp3) is 0.632. The molecule has 0 aromatic heterocycles. The third kappa shape index (κ3) is 4.41. The van der Waals surface area contributed by atoms with E-state index in [-0.39, 0.29) is 6.04 Å². The molecule has 132 valence electrons. The zero-order valence-electron chi connectivity index (χ0n) is 14.5. The molecule has 1 aromatic rings. The van der Waals surface area contributed by atoms with Gasteiger partial charge in [0.05, 0.1) is 31.9 Å². The van der Waals surface area contributed by atoms with Crippen LogP contribution in [-0.2, 0) is 4.74 Å². The highest BCUT2D eigenvalue weighted by molar-refractivity contribution is 5.78. The topological polar surface area (TPSA) is 68.9 Å². The Labute approximate surface area is 144 Å². The van der Waals surface area contributed by atoms with Crippen LogP contribution in [0.1, 0.15) is 50.6 Å². The van der Waals surface area contributed by atoms with Crippen molar-refractivity contribution in [2.24, 2.45) is 16.6 Å². The molecule has 1 aliphatic carbocycles. The van der Waals surface area contributed by atoms with Gasteiger partial charge in [0, 0.05) is 12.0 Å². The van der Waals surface area contributed by atoms with Crippen LogP contribution in [0, 0.1) is 5.92 Å². The minimum atomic E-state index is 0.165. The molecule has 5 heteroatoms. The van der Waals surface area contributed by atoms with E-state index in [2.05, 4.69) is 23.3 Å². The third-order valence-corrected chi connectivity index (χ3v) is 5.02. The van der Waals surface area contributed by atoms with Gasteiger partial charge < -0.3 is 20.5 Å². The van der Waals surface area contributed by atoms with Crippen LogP contribution in [0.4, 0.5) is 0 Å². The lowest BCUT2D eigenvalue weighted by atomic mass is 9.88. The first-order valence-electron chi connectivity index (χ1n) is 9.14. The maximum Gasteiger partial charge on any atom is 0.189 e. The molecule has 0 amide bonds. The molecule has 3 atom stereocenters. The number of para-hydroxylation sites is 1. The molecule has 0 spiro atoms. The van der Waals surface area contributed by atoms with Crippen molar-refractivity contribution >= 4 is 5.96 Å². The summed E-state index contributed by atoms with van der Waals surface area (Å²) in [5.41, 5.74) is 7.20. The van der Waals surface area contributed by atoms with Crippen molar-refractivity contribution in [1.29, 1.82) is 0 Å². The van der Waals surface area contributed by atoms with Gasteiger partial charge in [-0.15, -0.1) is 0 Å². The van der Waals surface area contributed by atoms with Crippen LogP contribution in [-0.4, -0.2) is 31.8 Å². The number of aliphatic imine (C=N–C) groups is 1. The lowest BCUT2D eigenvalue weighted by Gasteiger charge is -2.28. The van der Waals surface area contributed by atoms with E-state index in [1.807, 2.05) is 18.2 Å². The Morgan fingerprint density at radius 2 is 2.12 bits per heavy atom. The molecule has 2 aliphatic rings. The number of nitrogens with zero attached hydrogens (tertiary/aromatic N) is 1. The number of ether oxygens (including phenoxy) is 2. The molecule has 0 saturated heterocycles. The summed E-state index contributed by atoms with van der Waals surface area (Å²) in [6.45, 7) is 4.23. The van der Waals surface area contributed by atoms with Crippen molar-refractivity contribution in [1.82, 2.24) is 5.32 Å². The SMILES string of the molecule is CC1CCCCC1OCCN=C(N)NC1CCOc2ccccc21. The highest BCUT2D eigenvalue weighted by atomic mass is 16.5. The summed E-state index contributed by atoms with van der Waals surface area (Å²) < 4.78 is 11.7. The molecule has 3 rings (SSSR count). The van der Waals surface area contributed by atoms with E-state index in [9.17, 15) is 0 Å². The Morgan fingerprint density at radius 1 is 1.29 bits per heavy atom. The Hall–Kier alpha value is -1.75. The molecule has 1 aliphatic heterocycles. The number of benzene rings is 1. The molecule has 3 N–H and O–H groups in total. The monoisotopic (exact) mass is 331 g/mol. The van der Waals surface area contributed by atoms with Gasteiger partial charge in [-0.1, -0.05) is 38.0 Å². The number of nitrogens with two attached hydrogens (primary N) is 1. The highest BCUT2D eigenvalue weighted by Crippen LogP contribution is 2.31. The molecule has 0 bridgehead atoms. The molecule has 1 fully saturated rings. The summed E-state index contributed by atoms with van der Waals surface area (Å²) in [7, 11) is 0. The first-order chi connectivity index (χ1) is 11.7. The fourth-order valence-corrected chi connectivity index (χ4v) is 3.62. The van der Waals surface area contributed by atoms with Crippen molar-refractivity contribution < 1.29 is 9.47 Å². The van der Waals surface area contributed by atoms with E-state index >= 15 is 0 Å². The van der Waals surface area contributed by atoms with E-state index in [1.165, 1.54) is 25.7 Å². The normalized spacial score (nSPS) is 27.2. The lowest BCUT2D eigenvalue weighted by Crippen LogP contribution is -2.37. The molecule has 1 aromatic carbocycles. The third-order valence-electron chi connectivity index (χ3n) is 5.02. The van der Waals surface area contributed by atoms with Crippen LogP contribution in [0.25, 0.3) is 0 Å². The quantitative estimate of drug-likeness (QED) is 0.494. The summed E-state index contributed by atoms with van der Waals surface area (Å²) in [5.74, 6) is 2.08. The molecule has 1 heterocycles. The van der Waals surface area contributed by atoms with Gasteiger partial charge >= 0.3 is 0 Å². The first-order valence-corrected chi connectivity index (χ1v) is 9.14. The zero-order chi connectivity index (χ0) is 16.8. The van der Waals surface area contributed by atoms with Gasteiger partial charge in [0.1, 0.15) is 5.75 Å². The van der Waals surface area contributed by atoms with Gasteiger partial charge in [0.15, 0.2) is 5.96 Å². The summed E-state index contributed by atoms with van der Waals surface area (Å²) in [6, 6.07) is 8.25. The van der Waals surface area contributed by atoms with Gasteiger partial charge in [0.2, 0.25) is 0 Å². The maximum absolute atomic E-state index is 6.05. The van der Waals surface area contributed by atoms with E-state index < -0.39 is 0 Å². The van der Waals surface area contributed by atoms with E-state index in [4.69, 9.17) is 15.2 Å². The van der Waals surface area contributed by atoms with Gasteiger partial charge in [-0.2, -0.15) is 0 Å². The van der Waals surface area contributed by atoms with Gasteiger partial charge in [0.25, 0.3) is 0 Å². The molecule has 24 heavy (non-hydrogen) atoms. The Kier molecular flexibility index (Phi) is 5.96. The van der Waals surface area contributed by atoms with Crippen LogP contribution in [0.5, 0.6) is 5.75 Å². The fourth-order valence-electron chi connectivity index (χ4n) is 3.62. The molecule has 3 unspecified atom stereocenters. The number of nitrogens with one attached hydrogen (secondary N) is 1. The van der Waals surface area contributed by atoms with Crippen LogP contribution in [0.3, 0.4) is 0 Å². The van der Waals surface area contributed by atoms with Gasteiger partial charge in [-0.3, -0.25) is 4.99 Å². The number of guanidine groups is 1. The lowest BCUT2D eigenvalue weighted by molar-refractivity contribution is -0.000660. The van der Waals surface area contributed by atoms with Crippen LogP contribution >= 0.6 is 0 Å². The molecule has 5 nitrogen and oxygen atoms in total. The number of rotatable bonds is 5. The summed E-state index contributed by atoms with van der Waals surface area (Å²) >= 11 is 0. The second kappa shape index (κ2) is 8.38. The summed E-state index contributed by atoms with van der Waals surface area (Å²) in [4.78, 5) is 4.42. The van der Waals surface area contributed by atoms with Crippen molar-refractivity contribution in [3.8, 4) is 5.75 Å². The molecule has 0 radical (unpaired) electrons. The van der Waals surface area contributed by atoms with E-state index in [0.717, 1.165) is 17.7 Å². The smallest absolute Gasteiger partial charge is 0.189 e. The van der Waals surface area contributed by atoms with Crippen molar-refractivity contribution in [2.75, 3.05) is 19.8 Å². The average molecular weight is 331 g/mol. The second-order valence-corrected chi connectivity index (χ2v) is 6.81. The molecular formula is C19H29N3O2. The Balaban J connectivity index is 1.45. The van der Waals surface area contributed by atoms with E-state index in [1.54, 1.807) is 0 Å². The zero-order valence-corrected chi connectivity index (χ0v) is 14.5. The van der Waals surface area contributed by atoms with E-state index in [0.29, 0.717) is 37.7 Å². The largest absolute Gasteiger partial charge is 0.493 e. The van der Waals surface area contributed by atoms with Gasteiger partial charge in [-0.25, -0.2) is 0 Å². The minimum Gasteiger partial charge on any atom is -0.493 e. The maximum atomic E-state index is 6.05. The van der Waals surface area contributed by atoms with Crippen LogP contribution in [0.15, 0.2) is 29.3 Å². The second-order valence-electron chi connectivity index (χ2n) is 6.81. The minimum absolute atomic E-state index is 0.165. The standard InChI is InChI=1S/C19H29N3O2/c1-14-6-2-4-8-17(14)24-13-11-21-19(20)22-16-10-12-23-18-9-5-3-7-15(16)18/h3,5,7,9,14,16-17H,2,4,6,8,10-13H2,1H3,(H3,20,21,22). The Morgan fingerprint density at radius 3 is 3.00 bits per heavy atom.